The first-order valence-electron chi connectivity index (χ1n) is 6.05. The number of ether oxygens (including phenoxy) is 2. The topological polar surface area (TPSA) is 60.4 Å². The zero-order valence-electron chi connectivity index (χ0n) is 10.6. The lowest BCUT2D eigenvalue weighted by Crippen LogP contribution is -2.33. The summed E-state index contributed by atoms with van der Waals surface area (Å²) in [5.41, 5.74) is 0. The summed E-state index contributed by atoms with van der Waals surface area (Å²) in [6.45, 7) is 4.42. The molecule has 2 rings (SSSR count). The highest BCUT2D eigenvalue weighted by Gasteiger charge is 2.21. The normalized spacial score (nSPS) is 18.9. The lowest BCUT2D eigenvalue weighted by Gasteiger charge is -2.23. The second-order valence-corrected chi connectivity index (χ2v) is 4.40. The molecule has 7 heteroatoms. The Morgan fingerprint density at radius 3 is 2.89 bits per heavy atom. The standard InChI is InChI=1S/C11H17ClN4O2/c1-3-16(7-8-5-4-6-18-8)10-13-9(12)14-11(15-10)17-2/h8H,3-7H2,1-2H3. The third-order valence-electron chi connectivity index (χ3n) is 2.87. The molecule has 1 unspecified atom stereocenters. The second kappa shape index (κ2) is 6.15. The Bertz CT molecular complexity index is 399. The largest absolute Gasteiger partial charge is 0.467 e. The maximum absolute atomic E-state index is 5.85. The Balaban J connectivity index is 2.12. The van der Waals surface area contributed by atoms with E-state index in [-0.39, 0.29) is 17.4 Å². The molecule has 1 atom stereocenters. The number of halogens is 1. The Morgan fingerprint density at radius 2 is 2.28 bits per heavy atom. The van der Waals surface area contributed by atoms with Gasteiger partial charge in [0.05, 0.1) is 13.2 Å². The van der Waals surface area contributed by atoms with Crippen molar-refractivity contribution >= 4 is 17.5 Å². The summed E-state index contributed by atoms with van der Waals surface area (Å²) < 4.78 is 10.6. The fourth-order valence-corrected chi connectivity index (χ4v) is 2.09. The SMILES string of the molecule is CCN(CC1CCCO1)c1nc(Cl)nc(OC)n1. The zero-order chi connectivity index (χ0) is 13.0. The maximum Gasteiger partial charge on any atom is 0.322 e. The average molecular weight is 273 g/mol. The third kappa shape index (κ3) is 3.20. The molecule has 2 heterocycles. The molecule has 0 aliphatic carbocycles. The van der Waals surface area contributed by atoms with Crippen molar-refractivity contribution in [3.63, 3.8) is 0 Å². The summed E-state index contributed by atoms with van der Waals surface area (Å²) >= 11 is 5.85. The van der Waals surface area contributed by atoms with Crippen molar-refractivity contribution in [2.75, 3.05) is 31.7 Å². The number of likely N-dealkylation sites (N-methyl/N-ethyl adjacent to an activating group) is 1. The highest BCUT2D eigenvalue weighted by molar-refractivity contribution is 6.28. The molecule has 0 spiro atoms. The first kappa shape index (κ1) is 13.3. The number of methoxy groups -OCH3 is 1. The molecular formula is C11H17ClN4O2. The fourth-order valence-electron chi connectivity index (χ4n) is 1.94. The lowest BCUT2D eigenvalue weighted by molar-refractivity contribution is 0.115. The van der Waals surface area contributed by atoms with Crippen LogP contribution in [-0.2, 0) is 4.74 Å². The molecule has 0 amide bonds. The summed E-state index contributed by atoms with van der Waals surface area (Å²) in [7, 11) is 1.51. The number of hydrogen-bond acceptors (Lipinski definition) is 6. The van der Waals surface area contributed by atoms with E-state index in [9.17, 15) is 0 Å². The van der Waals surface area contributed by atoms with Gasteiger partial charge in [0, 0.05) is 19.7 Å². The Labute approximate surface area is 111 Å². The van der Waals surface area contributed by atoms with E-state index in [1.807, 2.05) is 11.8 Å². The summed E-state index contributed by atoms with van der Waals surface area (Å²) in [6, 6.07) is 0.232. The number of rotatable bonds is 5. The predicted molar refractivity (Wildman–Crippen MR) is 68.3 cm³/mol. The Kier molecular flexibility index (Phi) is 4.54. The van der Waals surface area contributed by atoms with E-state index in [0.717, 1.165) is 32.5 Å². The summed E-state index contributed by atoms with van der Waals surface area (Å²) in [6.07, 6.45) is 2.43. The summed E-state index contributed by atoms with van der Waals surface area (Å²) in [4.78, 5) is 14.2. The second-order valence-electron chi connectivity index (χ2n) is 4.06. The van der Waals surface area contributed by atoms with Gasteiger partial charge in [-0.2, -0.15) is 15.0 Å². The fraction of sp³-hybridized carbons (Fsp3) is 0.727. The van der Waals surface area contributed by atoms with Gasteiger partial charge in [-0.25, -0.2) is 0 Å². The van der Waals surface area contributed by atoms with Gasteiger partial charge in [0.1, 0.15) is 0 Å². The first-order valence-corrected chi connectivity index (χ1v) is 6.43. The molecule has 1 fully saturated rings. The van der Waals surface area contributed by atoms with Crippen molar-refractivity contribution in [3.8, 4) is 6.01 Å². The molecule has 1 aromatic rings. The molecule has 100 valence electrons. The minimum absolute atomic E-state index is 0.141. The van der Waals surface area contributed by atoms with Crippen molar-refractivity contribution in [1.29, 1.82) is 0 Å². The van der Waals surface area contributed by atoms with Crippen LogP contribution in [0.4, 0.5) is 5.95 Å². The van der Waals surface area contributed by atoms with Gasteiger partial charge in [0.15, 0.2) is 0 Å². The molecule has 1 aromatic heterocycles. The smallest absolute Gasteiger partial charge is 0.322 e. The zero-order valence-corrected chi connectivity index (χ0v) is 11.4. The predicted octanol–water partition coefficient (Wildman–Crippen LogP) is 1.54. The van der Waals surface area contributed by atoms with Gasteiger partial charge in [0.25, 0.3) is 0 Å². The Morgan fingerprint density at radius 1 is 1.44 bits per heavy atom. The van der Waals surface area contributed by atoms with Gasteiger partial charge < -0.3 is 14.4 Å². The first-order chi connectivity index (χ1) is 8.72. The highest BCUT2D eigenvalue weighted by atomic mass is 35.5. The van der Waals surface area contributed by atoms with Crippen molar-refractivity contribution in [2.24, 2.45) is 0 Å². The van der Waals surface area contributed by atoms with Crippen molar-refractivity contribution < 1.29 is 9.47 Å². The monoisotopic (exact) mass is 272 g/mol. The van der Waals surface area contributed by atoms with Crippen LogP contribution in [0.25, 0.3) is 0 Å². The Hall–Kier alpha value is -1.14. The van der Waals surface area contributed by atoms with E-state index in [0.29, 0.717) is 5.95 Å². The number of hydrogen-bond donors (Lipinski definition) is 0. The van der Waals surface area contributed by atoms with E-state index in [4.69, 9.17) is 21.1 Å². The van der Waals surface area contributed by atoms with Crippen LogP contribution in [0.3, 0.4) is 0 Å². The van der Waals surface area contributed by atoms with Gasteiger partial charge in [-0.15, -0.1) is 0 Å². The average Bonchev–Trinajstić information content (AvgIpc) is 2.88. The maximum atomic E-state index is 5.85. The summed E-state index contributed by atoms with van der Waals surface area (Å²) in [5, 5.41) is 0.141. The minimum Gasteiger partial charge on any atom is -0.467 e. The molecule has 1 saturated heterocycles. The van der Waals surface area contributed by atoms with Gasteiger partial charge >= 0.3 is 6.01 Å². The lowest BCUT2D eigenvalue weighted by atomic mass is 10.2. The molecule has 6 nitrogen and oxygen atoms in total. The van der Waals surface area contributed by atoms with Crippen LogP contribution in [0.5, 0.6) is 6.01 Å². The van der Waals surface area contributed by atoms with E-state index in [1.54, 1.807) is 0 Å². The minimum atomic E-state index is 0.141. The van der Waals surface area contributed by atoms with Gasteiger partial charge in [-0.05, 0) is 31.4 Å². The van der Waals surface area contributed by atoms with Crippen LogP contribution < -0.4 is 9.64 Å². The highest BCUT2D eigenvalue weighted by Crippen LogP contribution is 2.18. The van der Waals surface area contributed by atoms with Crippen LogP contribution in [0.15, 0.2) is 0 Å². The summed E-state index contributed by atoms with van der Waals surface area (Å²) in [5.74, 6) is 0.532. The molecule has 0 radical (unpaired) electrons. The van der Waals surface area contributed by atoms with Crippen LogP contribution in [0.1, 0.15) is 19.8 Å². The van der Waals surface area contributed by atoms with Crippen LogP contribution >= 0.6 is 11.6 Å². The van der Waals surface area contributed by atoms with Gasteiger partial charge in [0.2, 0.25) is 11.2 Å². The number of aromatic nitrogens is 3. The molecule has 1 aliphatic rings. The molecule has 0 bridgehead atoms. The van der Waals surface area contributed by atoms with Gasteiger partial charge in [-0.3, -0.25) is 0 Å². The van der Waals surface area contributed by atoms with Gasteiger partial charge in [-0.1, -0.05) is 0 Å². The van der Waals surface area contributed by atoms with Crippen molar-refractivity contribution in [2.45, 2.75) is 25.9 Å². The molecule has 18 heavy (non-hydrogen) atoms. The van der Waals surface area contributed by atoms with Crippen molar-refractivity contribution in [1.82, 2.24) is 15.0 Å². The third-order valence-corrected chi connectivity index (χ3v) is 3.04. The van der Waals surface area contributed by atoms with Crippen LogP contribution in [-0.4, -0.2) is 47.9 Å². The molecule has 1 aliphatic heterocycles. The van der Waals surface area contributed by atoms with E-state index >= 15 is 0 Å². The van der Waals surface area contributed by atoms with Crippen LogP contribution in [0.2, 0.25) is 5.28 Å². The molecule has 0 N–H and O–H groups in total. The van der Waals surface area contributed by atoms with E-state index in [1.165, 1.54) is 7.11 Å². The number of anilines is 1. The van der Waals surface area contributed by atoms with E-state index < -0.39 is 0 Å². The number of nitrogens with zero attached hydrogens (tertiary/aromatic N) is 4. The van der Waals surface area contributed by atoms with Crippen LogP contribution in [0, 0.1) is 0 Å². The molecular weight excluding hydrogens is 256 g/mol. The molecule has 0 aromatic carbocycles. The molecule has 0 saturated carbocycles. The van der Waals surface area contributed by atoms with Crippen molar-refractivity contribution in [3.05, 3.63) is 5.28 Å². The van der Waals surface area contributed by atoms with E-state index in [2.05, 4.69) is 15.0 Å². The quantitative estimate of drug-likeness (QED) is 0.810.